The number of piperazine rings is 1. The lowest BCUT2D eigenvalue weighted by molar-refractivity contribution is -0.141. The van der Waals surface area contributed by atoms with E-state index in [9.17, 15) is 14.4 Å². The number of fused-ring (bicyclic) bond motifs is 1. The summed E-state index contributed by atoms with van der Waals surface area (Å²) in [5.74, 6) is -0.437. The predicted octanol–water partition coefficient (Wildman–Crippen LogP) is 5.11. The number of halogens is 3. The average Bonchev–Trinajstić information content (AvgIpc) is 3.48. The summed E-state index contributed by atoms with van der Waals surface area (Å²) in [5, 5.41) is 0.909. The fourth-order valence-corrected chi connectivity index (χ4v) is 6.71. The summed E-state index contributed by atoms with van der Waals surface area (Å²) < 4.78 is 4.78. The third-order valence-corrected chi connectivity index (χ3v) is 8.95. The Kier molecular flexibility index (Phi) is 9.81. The second-order valence-electron chi connectivity index (χ2n) is 10.4. The SMILES string of the molecule is COC(=O)c1ccc(C(=O)N2CCN(C(=O)Cc3ccc(Cl)c(Cl)c3)[C@@H]3[C@@H](N4CCCC4)CCC[C@@H]32)cc1.Cl. The standard InChI is InChI=1S/C29H33Cl2N3O4.ClH/c1-38-29(37)21-10-8-20(9-11-21)28(36)33-15-16-34(26(35)18-19-7-12-22(30)23(31)17-19)27-24(5-4-6-25(27)33)32-13-2-3-14-32;/h7-12,17,24-25,27H,2-6,13-16,18H2,1H3;1H/t24-,25-,27+;/m0./s1. The van der Waals surface area contributed by atoms with Gasteiger partial charge in [0.25, 0.3) is 5.91 Å². The highest BCUT2D eigenvalue weighted by Crippen LogP contribution is 2.36. The molecular weight excluding hydrogens is 561 g/mol. The lowest BCUT2D eigenvalue weighted by atomic mass is 9.81. The molecule has 7 nitrogen and oxygen atoms in total. The molecule has 39 heavy (non-hydrogen) atoms. The normalized spacial score (nSPS) is 23.1. The first kappa shape index (κ1) is 29.7. The Hall–Kier alpha value is -2.32. The highest BCUT2D eigenvalue weighted by molar-refractivity contribution is 6.42. The molecule has 0 radical (unpaired) electrons. The van der Waals surface area contributed by atoms with E-state index in [1.54, 1.807) is 36.4 Å². The monoisotopic (exact) mass is 593 g/mol. The molecule has 2 aliphatic heterocycles. The minimum Gasteiger partial charge on any atom is -0.465 e. The Morgan fingerprint density at radius 1 is 0.821 bits per heavy atom. The van der Waals surface area contributed by atoms with Crippen LogP contribution in [-0.4, -0.2) is 83.9 Å². The van der Waals surface area contributed by atoms with Crippen LogP contribution in [0.25, 0.3) is 0 Å². The van der Waals surface area contributed by atoms with Crippen LogP contribution >= 0.6 is 35.6 Å². The molecule has 1 saturated carbocycles. The molecule has 2 saturated heterocycles. The third-order valence-electron chi connectivity index (χ3n) is 8.21. The number of carbonyl (C=O) groups is 3. The van der Waals surface area contributed by atoms with Crippen molar-refractivity contribution in [1.82, 2.24) is 14.7 Å². The maximum absolute atomic E-state index is 13.7. The van der Waals surface area contributed by atoms with E-state index in [2.05, 4.69) is 4.90 Å². The van der Waals surface area contributed by atoms with Crippen LogP contribution in [0.15, 0.2) is 42.5 Å². The van der Waals surface area contributed by atoms with Crippen molar-refractivity contribution in [3.63, 3.8) is 0 Å². The Labute approximate surface area is 245 Å². The van der Waals surface area contributed by atoms with Crippen LogP contribution in [-0.2, 0) is 16.0 Å². The van der Waals surface area contributed by atoms with Gasteiger partial charge in [-0.3, -0.25) is 14.5 Å². The number of rotatable bonds is 5. The topological polar surface area (TPSA) is 70.2 Å². The number of amides is 2. The van der Waals surface area contributed by atoms with Crippen LogP contribution in [0.2, 0.25) is 10.0 Å². The van der Waals surface area contributed by atoms with E-state index < -0.39 is 5.97 Å². The molecule has 0 bridgehead atoms. The molecule has 3 aliphatic rings. The number of methoxy groups -OCH3 is 1. The molecule has 3 fully saturated rings. The van der Waals surface area contributed by atoms with E-state index in [-0.39, 0.29) is 48.8 Å². The molecule has 0 N–H and O–H groups in total. The molecule has 0 spiro atoms. The molecular formula is C29H34Cl3N3O4. The van der Waals surface area contributed by atoms with Crippen molar-refractivity contribution in [2.24, 2.45) is 0 Å². The summed E-state index contributed by atoms with van der Waals surface area (Å²) in [6.07, 6.45) is 5.48. The Morgan fingerprint density at radius 3 is 2.13 bits per heavy atom. The highest BCUT2D eigenvalue weighted by atomic mass is 35.5. The zero-order chi connectivity index (χ0) is 26.8. The zero-order valence-corrected chi connectivity index (χ0v) is 24.3. The van der Waals surface area contributed by atoms with Crippen LogP contribution in [0.4, 0.5) is 0 Å². The van der Waals surface area contributed by atoms with Gasteiger partial charge < -0.3 is 14.5 Å². The van der Waals surface area contributed by atoms with E-state index in [1.807, 2.05) is 15.9 Å². The van der Waals surface area contributed by atoms with Crippen molar-refractivity contribution in [1.29, 1.82) is 0 Å². The number of hydrogen-bond donors (Lipinski definition) is 0. The first-order valence-electron chi connectivity index (χ1n) is 13.3. The van der Waals surface area contributed by atoms with E-state index in [1.165, 1.54) is 20.0 Å². The average molecular weight is 595 g/mol. The molecule has 5 rings (SSSR count). The number of benzene rings is 2. The van der Waals surface area contributed by atoms with Crippen molar-refractivity contribution < 1.29 is 19.1 Å². The van der Waals surface area contributed by atoms with Gasteiger partial charge in [0.15, 0.2) is 0 Å². The molecule has 0 aromatic heterocycles. The summed E-state index contributed by atoms with van der Waals surface area (Å²) in [6, 6.07) is 12.1. The van der Waals surface area contributed by atoms with Gasteiger partial charge in [0.2, 0.25) is 5.91 Å². The van der Waals surface area contributed by atoms with E-state index in [4.69, 9.17) is 27.9 Å². The minimum atomic E-state index is -0.432. The quantitative estimate of drug-likeness (QED) is 0.450. The van der Waals surface area contributed by atoms with Gasteiger partial charge in [0, 0.05) is 24.7 Å². The van der Waals surface area contributed by atoms with E-state index in [0.717, 1.165) is 37.9 Å². The van der Waals surface area contributed by atoms with Crippen LogP contribution < -0.4 is 0 Å². The zero-order valence-electron chi connectivity index (χ0n) is 22.0. The van der Waals surface area contributed by atoms with E-state index >= 15 is 0 Å². The van der Waals surface area contributed by atoms with Gasteiger partial charge in [-0.25, -0.2) is 4.79 Å². The number of likely N-dealkylation sites (tertiary alicyclic amines) is 1. The van der Waals surface area contributed by atoms with Gasteiger partial charge >= 0.3 is 5.97 Å². The summed E-state index contributed by atoms with van der Waals surface area (Å²) in [6.45, 7) is 3.02. The molecule has 3 atom stereocenters. The van der Waals surface area contributed by atoms with Crippen molar-refractivity contribution in [3.05, 3.63) is 69.2 Å². The van der Waals surface area contributed by atoms with Gasteiger partial charge in [0.1, 0.15) is 0 Å². The number of esters is 1. The summed E-state index contributed by atoms with van der Waals surface area (Å²) in [5.41, 5.74) is 1.78. The second kappa shape index (κ2) is 12.9. The molecule has 0 unspecified atom stereocenters. The summed E-state index contributed by atoms with van der Waals surface area (Å²) in [7, 11) is 1.34. The maximum Gasteiger partial charge on any atom is 0.337 e. The molecule has 1 aliphatic carbocycles. The number of hydrogen-bond acceptors (Lipinski definition) is 5. The van der Waals surface area contributed by atoms with Crippen molar-refractivity contribution in [3.8, 4) is 0 Å². The number of ether oxygens (including phenoxy) is 1. The molecule has 2 aromatic rings. The maximum atomic E-state index is 13.7. The first-order chi connectivity index (χ1) is 18.4. The summed E-state index contributed by atoms with van der Waals surface area (Å²) in [4.78, 5) is 45.8. The fourth-order valence-electron chi connectivity index (χ4n) is 6.39. The van der Waals surface area contributed by atoms with Crippen molar-refractivity contribution in [2.45, 2.75) is 56.7 Å². The van der Waals surface area contributed by atoms with Gasteiger partial charge in [-0.2, -0.15) is 0 Å². The van der Waals surface area contributed by atoms with Gasteiger partial charge in [-0.1, -0.05) is 29.3 Å². The molecule has 2 amide bonds. The largest absolute Gasteiger partial charge is 0.465 e. The Morgan fingerprint density at radius 2 is 1.46 bits per heavy atom. The Balaban J connectivity index is 0.00000353. The molecule has 2 aromatic carbocycles. The fraction of sp³-hybridized carbons (Fsp3) is 0.483. The third kappa shape index (κ3) is 6.22. The van der Waals surface area contributed by atoms with Gasteiger partial charge in [-0.15, -0.1) is 12.4 Å². The first-order valence-corrected chi connectivity index (χ1v) is 14.1. The number of carbonyl (C=O) groups excluding carboxylic acids is 3. The van der Waals surface area contributed by atoms with Crippen LogP contribution in [0.5, 0.6) is 0 Å². The lowest BCUT2D eigenvalue weighted by Crippen LogP contribution is -2.69. The van der Waals surface area contributed by atoms with Crippen LogP contribution in [0, 0.1) is 0 Å². The smallest absolute Gasteiger partial charge is 0.337 e. The summed E-state index contributed by atoms with van der Waals surface area (Å²) >= 11 is 12.3. The van der Waals surface area contributed by atoms with Gasteiger partial charge in [0.05, 0.1) is 41.2 Å². The number of nitrogens with zero attached hydrogens (tertiary/aromatic N) is 3. The van der Waals surface area contributed by atoms with Crippen molar-refractivity contribution in [2.75, 3.05) is 33.3 Å². The van der Waals surface area contributed by atoms with Crippen molar-refractivity contribution >= 4 is 53.4 Å². The predicted molar refractivity (Wildman–Crippen MR) is 154 cm³/mol. The lowest BCUT2D eigenvalue weighted by Gasteiger charge is -2.54. The molecule has 2 heterocycles. The second-order valence-corrected chi connectivity index (χ2v) is 11.2. The Bertz CT molecular complexity index is 1200. The van der Waals surface area contributed by atoms with Crippen LogP contribution in [0.3, 0.4) is 0 Å². The minimum absolute atomic E-state index is 0. The van der Waals surface area contributed by atoms with E-state index in [0.29, 0.717) is 34.3 Å². The van der Waals surface area contributed by atoms with Gasteiger partial charge in [-0.05, 0) is 87.2 Å². The molecule has 10 heteroatoms. The van der Waals surface area contributed by atoms with Crippen LogP contribution in [0.1, 0.15) is 58.4 Å². The molecule has 210 valence electrons. The highest BCUT2D eigenvalue weighted by Gasteiger charge is 2.48.